The molecule has 0 aliphatic rings. The average molecular weight is 345 g/mol. The zero-order valence-corrected chi connectivity index (χ0v) is 11.9. The van der Waals surface area contributed by atoms with Crippen LogP contribution in [0.1, 0.15) is 11.1 Å². The summed E-state index contributed by atoms with van der Waals surface area (Å²) in [5, 5.41) is 8.31. The number of rotatable bonds is 5. The molecule has 0 aromatic heterocycles. The zero-order valence-electron chi connectivity index (χ0n) is 9.40. The van der Waals surface area contributed by atoms with Crippen LogP contribution in [0.5, 0.6) is 0 Å². The van der Waals surface area contributed by atoms with Crippen LogP contribution in [0.25, 0.3) is 0 Å². The quantitative estimate of drug-likeness (QED) is 0.503. The minimum atomic E-state index is -1.55. The van der Waals surface area contributed by atoms with Crippen molar-refractivity contribution >= 4 is 0 Å². The van der Waals surface area contributed by atoms with Gasteiger partial charge in [0.1, 0.15) is 6.79 Å². The van der Waals surface area contributed by atoms with Crippen LogP contribution in [-0.4, -0.2) is 19.0 Å². The van der Waals surface area contributed by atoms with Crippen molar-refractivity contribution in [2.45, 2.75) is 13.2 Å². The predicted octanol–water partition coefficient (Wildman–Crippen LogP) is 1.85. The molecule has 0 saturated carbocycles. The average Bonchev–Trinajstić information content (AvgIpc) is 2.32. The van der Waals surface area contributed by atoms with E-state index in [1.54, 1.807) is 0 Å². The van der Waals surface area contributed by atoms with Crippen LogP contribution in [0, 0.1) is 23.3 Å². The van der Waals surface area contributed by atoms with E-state index in [1.165, 1.54) is 0 Å². The van der Waals surface area contributed by atoms with E-state index in [9.17, 15) is 17.6 Å². The first-order chi connectivity index (χ1) is 8.04. The number of ether oxygens (including phenoxy) is 2. The van der Waals surface area contributed by atoms with Crippen LogP contribution in [-0.2, 0) is 48.9 Å². The second kappa shape index (κ2) is 7.99. The van der Waals surface area contributed by atoms with Gasteiger partial charge < -0.3 is 14.6 Å². The van der Waals surface area contributed by atoms with Gasteiger partial charge in [0.05, 0.1) is 24.3 Å². The Bertz CT molecular complexity index is 386. The van der Waals surface area contributed by atoms with Crippen molar-refractivity contribution in [2.24, 2.45) is 0 Å². The maximum absolute atomic E-state index is 13.4. The van der Waals surface area contributed by atoms with Gasteiger partial charge in [-0.3, -0.25) is 0 Å². The topological polar surface area (TPSA) is 38.7 Å². The Kier molecular flexibility index (Phi) is 7.86. The Hall–Kier alpha value is -0.297. The summed E-state index contributed by atoms with van der Waals surface area (Å²) >= 11 is 0. The summed E-state index contributed by atoms with van der Waals surface area (Å²) in [4.78, 5) is 0. The molecule has 18 heavy (non-hydrogen) atoms. The van der Waals surface area contributed by atoms with E-state index in [1.807, 2.05) is 0 Å². The molecule has 0 spiro atoms. The van der Waals surface area contributed by atoms with E-state index in [4.69, 9.17) is 5.11 Å². The number of halogens is 4. The minimum absolute atomic E-state index is 0. The maximum atomic E-state index is 13.4. The third-order valence-corrected chi connectivity index (χ3v) is 2.07. The van der Waals surface area contributed by atoms with Gasteiger partial charge in [-0.15, -0.1) is 0 Å². The zero-order chi connectivity index (χ0) is 13.0. The number of hydrogen-bond donors (Lipinski definition) is 1. The molecule has 0 bridgehead atoms. The van der Waals surface area contributed by atoms with Crippen molar-refractivity contribution in [1.82, 2.24) is 0 Å². The van der Waals surface area contributed by atoms with Crippen LogP contribution in [0.15, 0.2) is 0 Å². The van der Waals surface area contributed by atoms with E-state index in [2.05, 4.69) is 9.47 Å². The summed E-state index contributed by atoms with van der Waals surface area (Å²) in [5.41, 5.74) is -1.73. The molecule has 3 nitrogen and oxygen atoms in total. The second-order valence-corrected chi connectivity index (χ2v) is 3.12. The van der Waals surface area contributed by atoms with Crippen LogP contribution >= 0.6 is 0 Å². The summed E-state index contributed by atoms with van der Waals surface area (Å²) in [6, 6.07) is 0. The van der Waals surface area contributed by atoms with Gasteiger partial charge in [-0.2, -0.15) is 0 Å². The predicted molar refractivity (Wildman–Crippen MR) is 48.9 cm³/mol. The standard InChI is InChI=1S/C10H10F4O3.Zr/c1-16-2-5-7(11)9(13)6(3-17-4-15)10(14)8(5)12;/h15H,2-4H2,1H3;. The Balaban J connectivity index is 0.00000289. The fourth-order valence-electron chi connectivity index (χ4n) is 1.27. The fraction of sp³-hybridized carbons (Fsp3) is 0.400. The molecule has 0 heterocycles. The minimum Gasteiger partial charge on any atom is -0.380 e. The van der Waals surface area contributed by atoms with Crippen LogP contribution < -0.4 is 0 Å². The largest absolute Gasteiger partial charge is 0.380 e. The third-order valence-electron chi connectivity index (χ3n) is 2.07. The smallest absolute Gasteiger partial charge is 0.167 e. The van der Waals surface area contributed by atoms with Crippen molar-refractivity contribution in [3.63, 3.8) is 0 Å². The van der Waals surface area contributed by atoms with Crippen molar-refractivity contribution in [1.29, 1.82) is 0 Å². The fourth-order valence-corrected chi connectivity index (χ4v) is 1.27. The maximum Gasteiger partial charge on any atom is 0.167 e. The number of aliphatic hydroxyl groups is 1. The molecule has 0 aliphatic heterocycles. The molecule has 0 aliphatic carbocycles. The van der Waals surface area contributed by atoms with Gasteiger partial charge in [0.15, 0.2) is 23.3 Å². The van der Waals surface area contributed by atoms with Crippen molar-refractivity contribution in [2.75, 3.05) is 13.9 Å². The van der Waals surface area contributed by atoms with E-state index in [0.717, 1.165) is 7.11 Å². The van der Waals surface area contributed by atoms with Gasteiger partial charge in [0, 0.05) is 33.3 Å². The number of hydrogen-bond acceptors (Lipinski definition) is 3. The van der Waals surface area contributed by atoms with Crippen LogP contribution in [0.2, 0.25) is 0 Å². The molecule has 1 rings (SSSR count). The van der Waals surface area contributed by atoms with Crippen LogP contribution in [0.4, 0.5) is 17.6 Å². The Morgan fingerprint density at radius 1 is 0.889 bits per heavy atom. The molecule has 1 aromatic rings. The SMILES string of the molecule is COCc1c(F)c(F)c(COCO)c(F)c1F.[Zr]. The van der Waals surface area contributed by atoms with Gasteiger partial charge in [0.2, 0.25) is 0 Å². The van der Waals surface area contributed by atoms with Gasteiger partial charge in [-0.1, -0.05) is 0 Å². The number of methoxy groups -OCH3 is 1. The molecule has 0 amide bonds. The molecule has 0 saturated heterocycles. The first-order valence-electron chi connectivity index (χ1n) is 4.55. The molecule has 1 N–H and O–H groups in total. The molecule has 8 heteroatoms. The van der Waals surface area contributed by atoms with Crippen molar-refractivity contribution < 1.29 is 58.3 Å². The van der Waals surface area contributed by atoms with Crippen molar-refractivity contribution in [3.05, 3.63) is 34.4 Å². The number of aliphatic hydroxyl groups excluding tert-OH is 1. The molecule has 0 radical (unpaired) electrons. The number of benzene rings is 1. The van der Waals surface area contributed by atoms with E-state index in [-0.39, 0.29) is 26.2 Å². The summed E-state index contributed by atoms with van der Waals surface area (Å²) < 4.78 is 62.1. The van der Waals surface area contributed by atoms with Crippen LogP contribution in [0.3, 0.4) is 0 Å². The Labute approximate surface area is 120 Å². The molecule has 1 aromatic carbocycles. The Morgan fingerprint density at radius 2 is 1.28 bits per heavy atom. The third kappa shape index (κ3) is 3.60. The summed E-state index contributed by atoms with van der Waals surface area (Å²) in [6.45, 7) is -2.18. The van der Waals surface area contributed by atoms with Gasteiger partial charge in [-0.25, -0.2) is 17.6 Å². The summed E-state index contributed by atoms with van der Waals surface area (Å²) in [6.07, 6.45) is 0. The molecular formula is C10H10F4O3Zr. The van der Waals surface area contributed by atoms with Crippen molar-refractivity contribution in [3.8, 4) is 0 Å². The van der Waals surface area contributed by atoms with E-state index < -0.39 is 54.4 Å². The van der Waals surface area contributed by atoms with Gasteiger partial charge >= 0.3 is 0 Å². The second-order valence-electron chi connectivity index (χ2n) is 3.12. The van der Waals surface area contributed by atoms with E-state index in [0.29, 0.717) is 0 Å². The molecular weight excluding hydrogens is 335 g/mol. The molecule has 100 valence electrons. The van der Waals surface area contributed by atoms with E-state index >= 15 is 0 Å². The summed E-state index contributed by atoms with van der Waals surface area (Å²) in [7, 11) is 1.14. The molecule has 0 atom stereocenters. The monoisotopic (exact) mass is 344 g/mol. The molecule has 0 unspecified atom stereocenters. The van der Waals surface area contributed by atoms with Gasteiger partial charge in [-0.05, 0) is 0 Å². The Morgan fingerprint density at radius 3 is 1.61 bits per heavy atom. The molecule has 0 fully saturated rings. The summed E-state index contributed by atoms with van der Waals surface area (Å²) in [5.74, 6) is -6.15. The normalized spacial score (nSPS) is 10.3. The first-order valence-corrected chi connectivity index (χ1v) is 4.55. The van der Waals surface area contributed by atoms with Gasteiger partial charge in [0.25, 0.3) is 0 Å². The first kappa shape index (κ1) is 17.7.